The molecule has 0 aliphatic rings. The number of para-hydroxylation sites is 1. The summed E-state index contributed by atoms with van der Waals surface area (Å²) in [5.74, 6) is 0.190. The van der Waals surface area contributed by atoms with Crippen molar-refractivity contribution in [1.29, 1.82) is 0 Å². The number of rotatable bonds is 5. The number of thioether (sulfide) groups is 1. The molecule has 6 aromatic rings. The lowest BCUT2D eigenvalue weighted by molar-refractivity contribution is 0.563. The summed E-state index contributed by atoms with van der Waals surface area (Å²) in [6.07, 6.45) is 1.79. The second kappa shape index (κ2) is 9.21. The Morgan fingerprint density at radius 2 is 1.72 bits per heavy atom. The maximum atomic E-state index is 12.9. The first-order valence-corrected chi connectivity index (χ1v) is 12.7. The molecule has 3 aromatic heterocycles. The SMILES string of the molecule is O=c1oc2ccccc2cc1-c1cn(-c2ccc(Br)cc2)c(SCn2nnc3ccccc3c2=O)n1. The van der Waals surface area contributed by atoms with E-state index >= 15 is 0 Å². The van der Waals surface area contributed by atoms with Crippen LogP contribution in [-0.4, -0.2) is 24.5 Å². The molecule has 6 rings (SSSR count). The molecule has 3 aromatic carbocycles. The van der Waals surface area contributed by atoms with Gasteiger partial charge in [-0.3, -0.25) is 9.36 Å². The first-order chi connectivity index (χ1) is 17.6. The molecule has 8 nitrogen and oxygen atoms in total. The lowest BCUT2D eigenvalue weighted by Crippen LogP contribution is -2.23. The van der Waals surface area contributed by atoms with Crippen molar-refractivity contribution in [2.24, 2.45) is 0 Å². The van der Waals surface area contributed by atoms with Crippen molar-refractivity contribution in [1.82, 2.24) is 24.5 Å². The first-order valence-electron chi connectivity index (χ1n) is 10.9. The molecule has 0 aliphatic carbocycles. The third kappa shape index (κ3) is 4.14. The minimum Gasteiger partial charge on any atom is -0.422 e. The van der Waals surface area contributed by atoms with E-state index < -0.39 is 5.63 Å². The molecular formula is C26H16BrN5O3S. The van der Waals surface area contributed by atoms with Crippen molar-refractivity contribution in [2.75, 3.05) is 0 Å². The summed E-state index contributed by atoms with van der Waals surface area (Å²) in [6, 6.07) is 23.9. The summed E-state index contributed by atoms with van der Waals surface area (Å²) in [4.78, 5) is 30.4. The maximum absolute atomic E-state index is 12.9. The largest absolute Gasteiger partial charge is 0.422 e. The quantitative estimate of drug-likeness (QED) is 0.210. The summed E-state index contributed by atoms with van der Waals surface area (Å²) >= 11 is 4.78. The van der Waals surface area contributed by atoms with Gasteiger partial charge in [-0.1, -0.05) is 63.2 Å². The monoisotopic (exact) mass is 557 g/mol. The van der Waals surface area contributed by atoms with E-state index in [9.17, 15) is 9.59 Å². The van der Waals surface area contributed by atoms with Gasteiger partial charge in [0.2, 0.25) is 0 Å². The van der Waals surface area contributed by atoms with E-state index in [1.807, 2.05) is 53.1 Å². The van der Waals surface area contributed by atoms with E-state index in [0.717, 1.165) is 15.5 Å². The number of halogens is 1. The fourth-order valence-corrected chi connectivity index (χ4v) is 4.98. The highest BCUT2D eigenvalue weighted by atomic mass is 79.9. The molecule has 0 N–H and O–H groups in total. The summed E-state index contributed by atoms with van der Waals surface area (Å²) in [6.45, 7) is 0. The van der Waals surface area contributed by atoms with Crippen molar-refractivity contribution < 1.29 is 4.42 Å². The molecule has 0 saturated carbocycles. The molecule has 10 heteroatoms. The Morgan fingerprint density at radius 3 is 2.58 bits per heavy atom. The zero-order valence-corrected chi connectivity index (χ0v) is 20.9. The number of hydrogen-bond donors (Lipinski definition) is 0. The van der Waals surface area contributed by atoms with Gasteiger partial charge in [0.05, 0.1) is 22.5 Å². The van der Waals surface area contributed by atoms with Gasteiger partial charge < -0.3 is 4.42 Å². The van der Waals surface area contributed by atoms with Crippen LogP contribution in [0.4, 0.5) is 0 Å². The van der Waals surface area contributed by atoms with Crippen LogP contribution in [0.3, 0.4) is 0 Å². The Bertz CT molecular complexity index is 1860. The lowest BCUT2D eigenvalue weighted by Gasteiger charge is -2.08. The Kier molecular flexibility index (Phi) is 5.74. The van der Waals surface area contributed by atoms with E-state index in [0.29, 0.717) is 32.9 Å². The molecule has 36 heavy (non-hydrogen) atoms. The number of nitrogens with zero attached hydrogens (tertiary/aromatic N) is 5. The van der Waals surface area contributed by atoms with Gasteiger partial charge in [0, 0.05) is 21.7 Å². The van der Waals surface area contributed by atoms with Gasteiger partial charge in [-0.25, -0.2) is 9.78 Å². The average molecular weight is 558 g/mol. The van der Waals surface area contributed by atoms with Crippen molar-refractivity contribution >= 4 is 49.6 Å². The second-order valence-electron chi connectivity index (χ2n) is 7.93. The zero-order chi connectivity index (χ0) is 24.6. The van der Waals surface area contributed by atoms with Gasteiger partial charge >= 0.3 is 5.63 Å². The number of imidazole rings is 1. The molecule has 0 atom stereocenters. The van der Waals surface area contributed by atoms with Crippen LogP contribution in [0.25, 0.3) is 38.8 Å². The van der Waals surface area contributed by atoms with E-state index in [1.165, 1.54) is 16.4 Å². The molecule has 3 heterocycles. The molecule has 0 bridgehead atoms. The molecule has 0 spiro atoms. The third-order valence-corrected chi connectivity index (χ3v) is 7.09. The molecule has 0 radical (unpaired) electrons. The molecule has 0 fully saturated rings. The van der Waals surface area contributed by atoms with Crippen LogP contribution in [0.1, 0.15) is 0 Å². The van der Waals surface area contributed by atoms with Crippen LogP contribution in [0.5, 0.6) is 0 Å². The second-order valence-corrected chi connectivity index (χ2v) is 9.75. The highest BCUT2D eigenvalue weighted by Gasteiger charge is 2.17. The Hall–Kier alpha value is -4.02. The summed E-state index contributed by atoms with van der Waals surface area (Å²) < 4.78 is 9.64. The summed E-state index contributed by atoms with van der Waals surface area (Å²) in [5, 5.41) is 10.1. The summed E-state index contributed by atoms with van der Waals surface area (Å²) in [7, 11) is 0. The molecule has 0 aliphatic heterocycles. The molecule has 0 unspecified atom stereocenters. The Labute approximate surface area is 216 Å². The van der Waals surface area contributed by atoms with Crippen molar-refractivity contribution in [3.63, 3.8) is 0 Å². The standard InChI is InChI=1S/C26H16BrN5O3S/c27-17-9-11-18(12-10-17)31-14-22(20-13-16-5-1-4-8-23(16)35-25(20)34)28-26(31)36-15-32-24(33)19-6-2-3-7-21(19)29-30-32/h1-14H,15H2. The van der Waals surface area contributed by atoms with E-state index in [1.54, 1.807) is 36.5 Å². The van der Waals surface area contributed by atoms with Gasteiger partial charge in [0.25, 0.3) is 5.56 Å². The lowest BCUT2D eigenvalue weighted by atomic mass is 10.1. The Balaban J connectivity index is 1.43. The molecule has 0 saturated heterocycles. The number of aromatic nitrogens is 5. The maximum Gasteiger partial charge on any atom is 0.345 e. The van der Waals surface area contributed by atoms with Gasteiger partial charge in [-0.2, -0.15) is 4.68 Å². The smallest absolute Gasteiger partial charge is 0.345 e. The van der Waals surface area contributed by atoms with Gasteiger partial charge in [-0.15, -0.1) is 5.10 Å². The normalized spacial score (nSPS) is 11.4. The average Bonchev–Trinajstić information content (AvgIpc) is 3.32. The van der Waals surface area contributed by atoms with Crippen LogP contribution >= 0.6 is 27.7 Å². The molecular weight excluding hydrogens is 542 g/mol. The van der Waals surface area contributed by atoms with E-state index in [2.05, 4.69) is 26.2 Å². The van der Waals surface area contributed by atoms with Crippen LogP contribution in [0, 0.1) is 0 Å². The van der Waals surface area contributed by atoms with Crippen molar-refractivity contribution in [3.05, 3.63) is 110 Å². The fourth-order valence-electron chi connectivity index (χ4n) is 3.85. The minimum absolute atomic E-state index is 0.190. The topological polar surface area (TPSA) is 95.8 Å². The van der Waals surface area contributed by atoms with Crippen LogP contribution in [0.15, 0.2) is 109 Å². The van der Waals surface area contributed by atoms with Crippen molar-refractivity contribution in [2.45, 2.75) is 11.0 Å². The molecule has 176 valence electrons. The minimum atomic E-state index is -0.470. The number of fused-ring (bicyclic) bond motifs is 2. The van der Waals surface area contributed by atoms with Crippen LogP contribution in [-0.2, 0) is 5.88 Å². The van der Waals surface area contributed by atoms with Crippen molar-refractivity contribution in [3.8, 4) is 16.9 Å². The highest BCUT2D eigenvalue weighted by molar-refractivity contribution is 9.10. The number of benzene rings is 3. The van der Waals surface area contributed by atoms with E-state index in [-0.39, 0.29) is 11.4 Å². The van der Waals surface area contributed by atoms with Crippen LogP contribution in [0.2, 0.25) is 0 Å². The van der Waals surface area contributed by atoms with E-state index in [4.69, 9.17) is 9.40 Å². The fraction of sp³-hybridized carbons (Fsp3) is 0.0385. The first kappa shape index (κ1) is 22.4. The zero-order valence-electron chi connectivity index (χ0n) is 18.5. The highest BCUT2D eigenvalue weighted by Crippen LogP contribution is 2.28. The van der Waals surface area contributed by atoms with Gasteiger partial charge in [-0.05, 0) is 48.5 Å². The van der Waals surface area contributed by atoms with Crippen LogP contribution < -0.4 is 11.2 Å². The van der Waals surface area contributed by atoms with Gasteiger partial charge in [0.15, 0.2) is 5.16 Å². The Morgan fingerprint density at radius 1 is 0.944 bits per heavy atom. The van der Waals surface area contributed by atoms with Gasteiger partial charge in [0.1, 0.15) is 11.1 Å². The number of hydrogen-bond acceptors (Lipinski definition) is 7. The summed E-state index contributed by atoms with van der Waals surface area (Å²) in [5.41, 5.74) is 2.04. The predicted octanol–water partition coefficient (Wildman–Crippen LogP) is 5.26. The molecule has 0 amide bonds. The third-order valence-electron chi connectivity index (χ3n) is 5.64. The predicted molar refractivity (Wildman–Crippen MR) is 142 cm³/mol.